The summed E-state index contributed by atoms with van der Waals surface area (Å²) in [7, 11) is -4.21. The Balaban J connectivity index is 1.94. The van der Waals surface area contributed by atoms with Crippen molar-refractivity contribution in [3.8, 4) is 0 Å². The molecule has 4 rings (SSSR count). The monoisotopic (exact) mass is 487 g/mol. The van der Waals surface area contributed by atoms with Gasteiger partial charge in [0.25, 0.3) is 5.91 Å². The van der Waals surface area contributed by atoms with Gasteiger partial charge >= 0.3 is 0 Å². The smallest absolute Gasteiger partial charge is 0.295 e. The van der Waals surface area contributed by atoms with Crippen LogP contribution in [0.15, 0.2) is 98.9 Å². The van der Waals surface area contributed by atoms with Crippen LogP contribution in [-0.2, 0) is 14.6 Å². The first-order chi connectivity index (χ1) is 14.3. The van der Waals surface area contributed by atoms with Crippen molar-refractivity contribution in [3.63, 3.8) is 0 Å². The van der Waals surface area contributed by atoms with Crippen LogP contribution in [0.3, 0.4) is 0 Å². The van der Waals surface area contributed by atoms with Gasteiger partial charge in [-0.2, -0.15) is 0 Å². The minimum absolute atomic E-state index is 0.0517. The highest BCUT2D eigenvalue weighted by atomic mass is 79.9. The van der Waals surface area contributed by atoms with Gasteiger partial charge in [-0.3, -0.25) is 9.69 Å². The van der Waals surface area contributed by atoms with Crippen molar-refractivity contribution in [2.45, 2.75) is 10.9 Å². The Morgan fingerprint density at radius 3 is 2.10 bits per heavy atom. The highest BCUT2D eigenvalue weighted by Crippen LogP contribution is 2.44. The van der Waals surface area contributed by atoms with Gasteiger partial charge in [-0.25, -0.2) is 12.8 Å². The average Bonchev–Trinajstić information content (AvgIpc) is 3.01. The molecule has 1 N–H and O–H groups in total. The third-order valence-corrected chi connectivity index (χ3v) is 7.21. The Hall–Kier alpha value is -2.97. The van der Waals surface area contributed by atoms with Crippen LogP contribution in [0.4, 0.5) is 10.1 Å². The zero-order valence-electron chi connectivity index (χ0n) is 15.4. The molecule has 0 aromatic heterocycles. The van der Waals surface area contributed by atoms with Gasteiger partial charge in [0.05, 0.1) is 4.90 Å². The number of benzene rings is 3. The fourth-order valence-electron chi connectivity index (χ4n) is 3.40. The maximum absolute atomic E-state index is 13.5. The maximum atomic E-state index is 13.5. The zero-order valence-corrected chi connectivity index (χ0v) is 17.8. The summed E-state index contributed by atoms with van der Waals surface area (Å²) in [6, 6.07) is 18.2. The summed E-state index contributed by atoms with van der Waals surface area (Å²) in [6.45, 7) is 0. The normalized spacial score (nSPS) is 16.9. The predicted molar refractivity (Wildman–Crippen MR) is 114 cm³/mol. The molecule has 1 atom stereocenters. The molecule has 0 saturated heterocycles. The molecular weight excluding hydrogens is 473 g/mol. The quantitative estimate of drug-likeness (QED) is 0.566. The van der Waals surface area contributed by atoms with E-state index in [1.54, 1.807) is 42.5 Å². The molecule has 30 heavy (non-hydrogen) atoms. The van der Waals surface area contributed by atoms with Gasteiger partial charge in [0.15, 0.2) is 5.76 Å². The van der Waals surface area contributed by atoms with E-state index in [1.807, 2.05) is 0 Å². The lowest BCUT2D eigenvalue weighted by molar-refractivity contribution is -0.117. The number of rotatable bonds is 4. The Bertz CT molecular complexity index is 1240. The summed E-state index contributed by atoms with van der Waals surface area (Å²) in [5.74, 6) is -2.20. The summed E-state index contributed by atoms with van der Waals surface area (Å²) in [6.07, 6.45) is 0. The Labute approximate surface area is 181 Å². The van der Waals surface area contributed by atoms with E-state index in [9.17, 15) is 22.7 Å². The molecule has 5 nitrogen and oxygen atoms in total. The predicted octanol–water partition coefficient (Wildman–Crippen LogP) is 4.92. The minimum Gasteiger partial charge on any atom is -0.502 e. The SMILES string of the molecule is O=C1C(O)=C(S(=O)(=O)c2ccccc2)[C@@H](c2ccc(F)cc2)N1c1ccc(Br)cc1. The number of nitrogens with zero attached hydrogens (tertiary/aromatic N) is 1. The van der Waals surface area contributed by atoms with Crippen LogP contribution in [0.2, 0.25) is 0 Å². The van der Waals surface area contributed by atoms with Crippen molar-refractivity contribution in [2.75, 3.05) is 4.90 Å². The van der Waals surface area contributed by atoms with Gasteiger partial charge in [0.2, 0.25) is 9.84 Å². The molecule has 0 radical (unpaired) electrons. The van der Waals surface area contributed by atoms with Gasteiger partial charge in [0, 0.05) is 10.2 Å². The third-order valence-electron chi connectivity index (χ3n) is 4.79. The van der Waals surface area contributed by atoms with E-state index in [0.29, 0.717) is 11.3 Å². The lowest BCUT2D eigenvalue weighted by Crippen LogP contribution is -2.31. The van der Waals surface area contributed by atoms with Crippen molar-refractivity contribution in [1.82, 2.24) is 0 Å². The number of halogens is 2. The van der Waals surface area contributed by atoms with Crippen molar-refractivity contribution < 1.29 is 22.7 Å². The highest BCUT2D eigenvalue weighted by Gasteiger charge is 2.47. The first-order valence-corrected chi connectivity index (χ1v) is 11.2. The molecule has 1 aliphatic heterocycles. The molecule has 3 aromatic rings. The van der Waals surface area contributed by atoms with Crippen molar-refractivity contribution >= 4 is 37.4 Å². The maximum Gasteiger partial charge on any atom is 0.295 e. The fraction of sp³-hybridized carbons (Fsp3) is 0.0455. The Kier molecular flexibility index (Phi) is 5.21. The van der Waals surface area contributed by atoms with Gasteiger partial charge in [-0.1, -0.05) is 46.3 Å². The first kappa shape index (κ1) is 20.3. The van der Waals surface area contributed by atoms with Crippen molar-refractivity contribution in [3.05, 3.63) is 105 Å². The number of aliphatic hydroxyl groups is 1. The molecule has 152 valence electrons. The topological polar surface area (TPSA) is 74.7 Å². The van der Waals surface area contributed by atoms with Gasteiger partial charge in [-0.15, -0.1) is 0 Å². The summed E-state index contributed by atoms with van der Waals surface area (Å²) in [5.41, 5.74) is 0.744. The zero-order chi connectivity index (χ0) is 21.5. The van der Waals surface area contributed by atoms with Gasteiger partial charge in [0.1, 0.15) is 16.8 Å². The molecule has 1 aliphatic rings. The minimum atomic E-state index is -4.21. The van der Waals surface area contributed by atoms with Gasteiger partial charge in [-0.05, 0) is 54.1 Å². The van der Waals surface area contributed by atoms with E-state index >= 15 is 0 Å². The first-order valence-electron chi connectivity index (χ1n) is 8.88. The standard InChI is InChI=1S/C22H15BrFNO4S/c23-15-8-12-17(13-9-15)25-19(14-6-10-16(24)11-7-14)21(20(26)22(25)27)30(28,29)18-4-2-1-3-5-18/h1-13,19,26H/t19-/m1/s1. The van der Waals surface area contributed by atoms with Crippen LogP contribution in [0.1, 0.15) is 11.6 Å². The van der Waals surface area contributed by atoms with Crippen LogP contribution in [0.25, 0.3) is 0 Å². The van der Waals surface area contributed by atoms with Crippen molar-refractivity contribution in [2.24, 2.45) is 0 Å². The molecule has 0 saturated carbocycles. The van der Waals surface area contributed by atoms with Crippen LogP contribution in [0, 0.1) is 5.82 Å². The lowest BCUT2D eigenvalue weighted by Gasteiger charge is -2.27. The molecule has 1 amide bonds. The average molecular weight is 488 g/mol. The Morgan fingerprint density at radius 2 is 1.50 bits per heavy atom. The largest absolute Gasteiger partial charge is 0.502 e. The molecule has 1 heterocycles. The summed E-state index contributed by atoms with van der Waals surface area (Å²) >= 11 is 3.32. The van der Waals surface area contributed by atoms with E-state index in [4.69, 9.17) is 0 Å². The Morgan fingerprint density at radius 1 is 0.900 bits per heavy atom. The molecule has 0 spiro atoms. The number of hydrogen-bond donors (Lipinski definition) is 1. The van der Waals surface area contributed by atoms with E-state index in [0.717, 1.165) is 4.47 Å². The fourth-order valence-corrected chi connectivity index (χ4v) is 5.31. The number of aliphatic hydroxyl groups excluding tert-OH is 1. The summed E-state index contributed by atoms with van der Waals surface area (Å²) < 4.78 is 41.1. The van der Waals surface area contributed by atoms with E-state index in [1.165, 1.54) is 41.3 Å². The number of hydrogen-bond acceptors (Lipinski definition) is 4. The second kappa shape index (κ2) is 7.70. The number of carbonyl (C=O) groups is 1. The molecule has 0 fully saturated rings. The van der Waals surface area contributed by atoms with Gasteiger partial charge < -0.3 is 5.11 Å². The van der Waals surface area contributed by atoms with Crippen molar-refractivity contribution in [1.29, 1.82) is 0 Å². The van der Waals surface area contributed by atoms with E-state index < -0.39 is 38.3 Å². The van der Waals surface area contributed by atoms with Crippen LogP contribution >= 0.6 is 15.9 Å². The third kappa shape index (κ3) is 3.42. The number of amides is 1. The number of sulfone groups is 1. The highest BCUT2D eigenvalue weighted by molar-refractivity contribution is 9.10. The summed E-state index contributed by atoms with van der Waals surface area (Å²) in [4.78, 5) is 13.7. The second-order valence-electron chi connectivity index (χ2n) is 6.64. The van der Waals surface area contributed by atoms with Crippen LogP contribution in [0.5, 0.6) is 0 Å². The van der Waals surface area contributed by atoms with E-state index in [-0.39, 0.29) is 4.90 Å². The summed E-state index contributed by atoms with van der Waals surface area (Å²) in [5, 5.41) is 10.7. The second-order valence-corrected chi connectivity index (χ2v) is 9.47. The van der Waals surface area contributed by atoms with E-state index in [2.05, 4.69) is 15.9 Å². The number of carbonyl (C=O) groups excluding carboxylic acids is 1. The molecule has 3 aromatic carbocycles. The molecule has 0 aliphatic carbocycles. The van der Waals surface area contributed by atoms with Crippen LogP contribution < -0.4 is 4.90 Å². The molecular formula is C22H15BrFNO4S. The molecule has 0 bridgehead atoms. The number of anilines is 1. The van der Waals surface area contributed by atoms with Crippen LogP contribution in [-0.4, -0.2) is 19.4 Å². The molecule has 8 heteroatoms. The lowest BCUT2D eigenvalue weighted by atomic mass is 10.1. The molecule has 0 unspecified atom stereocenters.